The van der Waals surface area contributed by atoms with E-state index in [9.17, 15) is 14.0 Å². The van der Waals surface area contributed by atoms with E-state index >= 15 is 0 Å². The van der Waals surface area contributed by atoms with Gasteiger partial charge in [0.25, 0.3) is 5.91 Å². The zero-order chi connectivity index (χ0) is 28.6. The van der Waals surface area contributed by atoms with E-state index in [0.29, 0.717) is 49.6 Å². The van der Waals surface area contributed by atoms with Gasteiger partial charge >= 0.3 is 0 Å². The molecule has 7 nitrogen and oxygen atoms in total. The molecule has 0 saturated carbocycles. The Morgan fingerprint density at radius 2 is 1.83 bits per heavy atom. The number of morpholine rings is 1. The van der Waals surface area contributed by atoms with Gasteiger partial charge in [-0.2, -0.15) is 0 Å². The van der Waals surface area contributed by atoms with E-state index in [1.54, 1.807) is 23.1 Å². The normalized spacial score (nSPS) is 22.9. The first-order valence-corrected chi connectivity index (χ1v) is 14.0. The lowest BCUT2D eigenvalue weighted by Gasteiger charge is -2.41. The third-order valence-corrected chi connectivity index (χ3v) is 8.28. The van der Waals surface area contributed by atoms with Crippen LogP contribution in [0, 0.1) is 5.82 Å². The number of halogens is 1. The van der Waals surface area contributed by atoms with Crippen LogP contribution in [0.25, 0.3) is 0 Å². The highest BCUT2D eigenvalue weighted by Crippen LogP contribution is 2.34. The number of piperidine rings is 1. The molecule has 2 unspecified atom stereocenters. The van der Waals surface area contributed by atoms with Gasteiger partial charge in [-0.05, 0) is 60.7 Å². The fourth-order valence-electron chi connectivity index (χ4n) is 6.00. The van der Waals surface area contributed by atoms with Crippen LogP contribution in [-0.4, -0.2) is 47.4 Å². The molecule has 0 aliphatic carbocycles. The Morgan fingerprint density at radius 1 is 1.07 bits per heavy atom. The summed E-state index contributed by atoms with van der Waals surface area (Å²) in [5.74, 6) is 0.0984. The summed E-state index contributed by atoms with van der Waals surface area (Å²) in [7, 11) is 0. The highest BCUT2D eigenvalue weighted by Gasteiger charge is 2.39. The van der Waals surface area contributed by atoms with Crippen LogP contribution in [0.2, 0.25) is 0 Å². The van der Waals surface area contributed by atoms with Gasteiger partial charge in [0.2, 0.25) is 5.91 Å². The number of ether oxygens (including phenoxy) is 2. The molecule has 41 heavy (non-hydrogen) atoms. The number of fused-ring (bicyclic) bond motifs is 1. The Bertz CT molecular complexity index is 1470. The molecule has 3 aliphatic heterocycles. The number of hydrogen-bond donors (Lipinski definition) is 1. The predicted octanol–water partition coefficient (Wildman–Crippen LogP) is 4.90. The molecule has 212 valence electrons. The molecular formula is C33H34FN3O4. The van der Waals surface area contributed by atoms with Crippen LogP contribution in [0.15, 0.2) is 79.0 Å². The summed E-state index contributed by atoms with van der Waals surface area (Å²) in [4.78, 5) is 29.7. The van der Waals surface area contributed by atoms with Crippen molar-refractivity contribution in [2.24, 2.45) is 0 Å². The molecule has 2 atom stereocenters. The van der Waals surface area contributed by atoms with Gasteiger partial charge in [0, 0.05) is 36.5 Å². The molecule has 1 N–H and O–H groups in total. The quantitative estimate of drug-likeness (QED) is 0.449. The highest BCUT2D eigenvalue weighted by molar-refractivity contribution is 6.02. The van der Waals surface area contributed by atoms with Crippen molar-refractivity contribution >= 4 is 11.8 Å². The minimum Gasteiger partial charge on any atom is -0.489 e. The maximum atomic E-state index is 13.4. The summed E-state index contributed by atoms with van der Waals surface area (Å²) in [5.41, 5.74) is 4.81. The average Bonchev–Trinajstić information content (AvgIpc) is 3.29. The summed E-state index contributed by atoms with van der Waals surface area (Å²) >= 11 is 0. The molecule has 0 aromatic heterocycles. The molecule has 0 bridgehead atoms. The highest BCUT2D eigenvalue weighted by atomic mass is 19.1. The number of hydrogen-bond acceptors (Lipinski definition) is 5. The number of nitrogens with zero attached hydrogens (tertiary/aromatic N) is 2. The van der Waals surface area contributed by atoms with Crippen LogP contribution < -0.4 is 10.1 Å². The van der Waals surface area contributed by atoms with Gasteiger partial charge in [-0.3, -0.25) is 14.5 Å². The molecular weight excluding hydrogens is 521 g/mol. The van der Waals surface area contributed by atoms with Crippen molar-refractivity contribution in [2.75, 3.05) is 19.7 Å². The Morgan fingerprint density at radius 3 is 2.59 bits per heavy atom. The summed E-state index contributed by atoms with van der Waals surface area (Å²) < 4.78 is 25.7. The lowest BCUT2D eigenvalue weighted by atomic mass is 9.93. The van der Waals surface area contributed by atoms with Crippen LogP contribution in [0.5, 0.6) is 5.75 Å². The fourth-order valence-corrected chi connectivity index (χ4v) is 6.00. The second-order valence-corrected chi connectivity index (χ2v) is 11.3. The third-order valence-electron chi connectivity index (χ3n) is 8.28. The fraction of sp³-hybridized carbons (Fsp3) is 0.333. The summed E-state index contributed by atoms with van der Waals surface area (Å²) in [5, 5.41) is 2.78. The van der Waals surface area contributed by atoms with Gasteiger partial charge in [-0.25, -0.2) is 4.39 Å². The molecule has 3 aromatic carbocycles. The van der Waals surface area contributed by atoms with E-state index in [1.165, 1.54) is 17.7 Å². The number of carbonyl (C=O) groups excluding carboxylic acids is 2. The molecule has 0 spiro atoms. The van der Waals surface area contributed by atoms with Gasteiger partial charge in [0.1, 0.15) is 29.8 Å². The SMILES string of the molecule is C=C1CCC(N2Cc3c(OCc4ccc(CN5CCOC(C)(c6ccc(F)cc6)C5)cc4)cccc3C2=O)C(=O)N1. The van der Waals surface area contributed by atoms with Crippen LogP contribution in [-0.2, 0) is 34.8 Å². The van der Waals surface area contributed by atoms with Crippen molar-refractivity contribution in [1.29, 1.82) is 0 Å². The molecule has 8 heteroatoms. The number of benzene rings is 3. The van der Waals surface area contributed by atoms with Gasteiger partial charge in [-0.15, -0.1) is 0 Å². The van der Waals surface area contributed by atoms with Crippen LogP contribution in [0.3, 0.4) is 0 Å². The van der Waals surface area contributed by atoms with E-state index in [-0.39, 0.29) is 17.6 Å². The minimum absolute atomic E-state index is 0.138. The van der Waals surface area contributed by atoms with E-state index in [1.807, 2.05) is 12.1 Å². The molecule has 2 saturated heterocycles. The lowest BCUT2D eigenvalue weighted by Crippen LogP contribution is -2.49. The van der Waals surface area contributed by atoms with Gasteiger partial charge in [0.15, 0.2) is 0 Å². The molecule has 3 aromatic rings. The Hall–Kier alpha value is -4.01. The monoisotopic (exact) mass is 555 g/mol. The topological polar surface area (TPSA) is 71.1 Å². The molecule has 3 aliphatic rings. The van der Waals surface area contributed by atoms with Crippen molar-refractivity contribution in [2.45, 2.75) is 51.1 Å². The second-order valence-electron chi connectivity index (χ2n) is 11.3. The smallest absolute Gasteiger partial charge is 0.255 e. The Kier molecular flexibility index (Phi) is 7.36. The molecule has 3 heterocycles. The zero-order valence-corrected chi connectivity index (χ0v) is 23.2. The zero-order valence-electron chi connectivity index (χ0n) is 23.2. The Labute approximate surface area is 239 Å². The van der Waals surface area contributed by atoms with Gasteiger partial charge in [-0.1, -0.05) is 49.0 Å². The maximum Gasteiger partial charge on any atom is 0.255 e. The van der Waals surface area contributed by atoms with Crippen molar-refractivity contribution in [3.63, 3.8) is 0 Å². The molecule has 6 rings (SSSR count). The van der Waals surface area contributed by atoms with Crippen molar-refractivity contribution < 1.29 is 23.5 Å². The predicted molar refractivity (Wildman–Crippen MR) is 152 cm³/mol. The first kappa shape index (κ1) is 27.2. The number of carbonyl (C=O) groups is 2. The average molecular weight is 556 g/mol. The van der Waals surface area contributed by atoms with Gasteiger partial charge < -0.3 is 19.7 Å². The summed E-state index contributed by atoms with van der Waals surface area (Å²) in [6.07, 6.45) is 1.23. The second kappa shape index (κ2) is 11.1. The third kappa shape index (κ3) is 5.62. The molecule has 2 amide bonds. The minimum atomic E-state index is -0.499. The number of rotatable bonds is 7. The summed E-state index contributed by atoms with van der Waals surface area (Å²) in [6.45, 7) is 9.55. The lowest BCUT2D eigenvalue weighted by molar-refractivity contribution is -0.126. The maximum absolute atomic E-state index is 13.4. The van der Waals surface area contributed by atoms with E-state index in [4.69, 9.17) is 9.47 Å². The van der Waals surface area contributed by atoms with E-state index in [2.05, 4.69) is 48.0 Å². The largest absolute Gasteiger partial charge is 0.489 e. The van der Waals surface area contributed by atoms with E-state index in [0.717, 1.165) is 36.3 Å². The number of allylic oxidation sites excluding steroid dienone is 1. The van der Waals surface area contributed by atoms with Crippen molar-refractivity contribution in [3.8, 4) is 5.75 Å². The molecule has 2 fully saturated rings. The van der Waals surface area contributed by atoms with Crippen LogP contribution >= 0.6 is 0 Å². The van der Waals surface area contributed by atoms with E-state index < -0.39 is 11.6 Å². The molecule has 0 radical (unpaired) electrons. The van der Waals surface area contributed by atoms with Crippen molar-refractivity contribution in [3.05, 3.63) is 113 Å². The van der Waals surface area contributed by atoms with Crippen LogP contribution in [0.1, 0.15) is 52.4 Å². The summed E-state index contributed by atoms with van der Waals surface area (Å²) in [6, 6.07) is 19.9. The number of amides is 2. The van der Waals surface area contributed by atoms with Gasteiger partial charge in [0.05, 0.1) is 13.2 Å². The Balaban J connectivity index is 1.07. The standard InChI is InChI=1S/C33H34FN3O4/c1-22-6-15-29(31(38)35-22)37-19-28-27(32(37)39)4-3-5-30(28)40-20-24-9-7-23(8-10-24)18-36-16-17-41-33(2,21-36)25-11-13-26(34)14-12-25/h3-5,7-14,29H,1,6,15-21H2,2H3,(H,35,38). The van der Waals surface area contributed by atoms with Crippen LogP contribution in [0.4, 0.5) is 4.39 Å². The first-order chi connectivity index (χ1) is 19.8. The van der Waals surface area contributed by atoms with Crippen molar-refractivity contribution in [1.82, 2.24) is 15.1 Å². The number of nitrogens with one attached hydrogen (secondary N) is 1. The first-order valence-electron chi connectivity index (χ1n) is 14.0.